The molecule has 0 heterocycles. The molecule has 0 radical (unpaired) electrons. The largest absolute Gasteiger partial charge is 0.419 e. The topological polar surface area (TPSA) is 26.0 Å². The van der Waals surface area contributed by atoms with Crippen molar-refractivity contribution in [2.45, 2.75) is 12.7 Å². The van der Waals surface area contributed by atoms with Gasteiger partial charge in [-0.3, -0.25) is 0 Å². The summed E-state index contributed by atoms with van der Waals surface area (Å²) in [4.78, 5) is 0. The molecule has 0 spiro atoms. The van der Waals surface area contributed by atoms with Crippen LogP contribution >= 0.6 is 11.6 Å². The molecule has 2 rings (SSSR count). The molecule has 106 valence electrons. The average molecular weight is 304 g/mol. The lowest BCUT2D eigenvalue weighted by atomic mass is 9.98. The van der Waals surface area contributed by atoms with E-state index in [0.29, 0.717) is 21.7 Å². The van der Waals surface area contributed by atoms with Crippen molar-refractivity contribution in [2.24, 2.45) is 5.73 Å². The van der Waals surface area contributed by atoms with Crippen molar-refractivity contribution in [3.8, 4) is 11.1 Å². The number of halogens is 5. The monoisotopic (exact) mass is 303 g/mol. The zero-order chi connectivity index (χ0) is 14.9. The molecule has 0 aromatic heterocycles. The van der Waals surface area contributed by atoms with Gasteiger partial charge in [-0.25, -0.2) is 4.39 Å². The van der Waals surface area contributed by atoms with Gasteiger partial charge in [-0.2, -0.15) is 13.2 Å². The van der Waals surface area contributed by atoms with Crippen LogP contribution < -0.4 is 5.73 Å². The molecular weight excluding hydrogens is 294 g/mol. The van der Waals surface area contributed by atoms with E-state index in [9.17, 15) is 17.6 Å². The number of hydrogen-bond donors (Lipinski definition) is 1. The Bertz CT molecular complexity index is 638. The van der Waals surface area contributed by atoms with Crippen LogP contribution in [-0.4, -0.2) is 0 Å². The van der Waals surface area contributed by atoms with Crippen LogP contribution in [0.2, 0.25) is 5.02 Å². The van der Waals surface area contributed by atoms with E-state index in [2.05, 4.69) is 0 Å². The van der Waals surface area contributed by atoms with Crippen LogP contribution in [0.5, 0.6) is 0 Å². The van der Waals surface area contributed by atoms with Gasteiger partial charge < -0.3 is 5.73 Å². The minimum Gasteiger partial charge on any atom is -0.326 e. The van der Waals surface area contributed by atoms with Crippen LogP contribution in [0, 0.1) is 5.82 Å². The van der Waals surface area contributed by atoms with E-state index in [-0.39, 0.29) is 6.54 Å². The first kappa shape index (κ1) is 14.8. The Hall–Kier alpha value is -1.59. The zero-order valence-corrected chi connectivity index (χ0v) is 10.9. The van der Waals surface area contributed by atoms with Gasteiger partial charge in [0.05, 0.1) is 5.56 Å². The first-order valence-corrected chi connectivity index (χ1v) is 6.06. The fourth-order valence-corrected chi connectivity index (χ4v) is 2.12. The van der Waals surface area contributed by atoms with E-state index in [1.807, 2.05) is 0 Å². The summed E-state index contributed by atoms with van der Waals surface area (Å²) in [6.45, 7) is 0.151. The van der Waals surface area contributed by atoms with Crippen LogP contribution in [0.3, 0.4) is 0 Å². The van der Waals surface area contributed by atoms with Crippen molar-refractivity contribution >= 4 is 11.6 Å². The van der Waals surface area contributed by atoms with E-state index in [4.69, 9.17) is 17.3 Å². The van der Waals surface area contributed by atoms with E-state index >= 15 is 0 Å². The molecule has 0 saturated carbocycles. The van der Waals surface area contributed by atoms with Gasteiger partial charge in [0.15, 0.2) is 0 Å². The summed E-state index contributed by atoms with van der Waals surface area (Å²) in [5, 5.41) is 0.460. The molecular formula is C14H10ClF4N. The third-order valence-electron chi connectivity index (χ3n) is 2.87. The van der Waals surface area contributed by atoms with Crippen LogP contribution in [0.15, 0.2) is 36.4 Å². The lowest BCUT2D eigenvalue weighted by Gasteiger charge is -2.12. The Morgan fingerprint density at radius 3 is 2.30 bits per heavy atom. The predicted octanol–water partition coefficient (Wildman–Crippen LogP) is 4.62. The molecule has 0 aliphatic heterocycles. The molecule has 0 atom stereocenters. The quantitative estimate of drug-likeness (QED) is 0.805. The average Bonchev–Trinajstić information content (AvgIpc) is 2.36. The van der Waals surface area contributed by atoms with Gasteiger partial charge in [0, 0.05) is 11.6 Å². The van der Waals surface area contributed by atoms with E-state index in [1.165, 1.54) is 6.07 Å². The highest BCUT2D eigenvalue weighted by atomic mass is 35.5. The predicted molar refractivity (Wildman–Crippen MR) is 69.7 cm³/mol. The maximum Gasteiger partial charge on any atom is 0.419 e. The second-order valence-corrected chi connectivity index (χ2v) is 4.63. The van der Waals surface area contributed by atoms with Gasteiger partial charge in [-0.05, 0) is 41.0 Å². The standard InChI is InChI=1S/C14H10ClF4N/c15-10-2-3-11(9(5-10)7-20)8-1-4-12(13(16)6-8)14(17,18)19/h1-6H,7,20H2. The maximum atomic E-state index is 13.6. The molecule has 1 nitrogen and oxygen atoms in total. The third-order valence-corrected chi connectivity index (χ3v) is 3.11. The van der Waals surface area contributed by atoms with Gasteiger partial charge in [-0.1, -0.05) is 23.7 Å². The molecule has 0 fully saturated rings. The lowest BCUT2D eigenvalue weighted by molar-refractivity contribution is -0.139. The Morgan fingerprint density at radius 1 is 1.05 bits per heavy atom. The van der Waals surface area contributed by atoms with Crippen molar-refractivity contribution in [3.63, 3.8) is 0 Å². The fraction of sp³-hybridized carbons (Fsp3) is 0.143. The van der Waals surface area contributed by atoms with Gasteiger partial charge in [-0.15, -0.1) is 0 Å². The summed E-state index contributed by atoms with van der Waals surface area (Å²) in [7, 11) is 0. The number of alkyl halides is 3. The van der Waals surface area contributed by atoms with Gasteiger partial charge >= 0.3 is 6.18 Å². The van der Waals surface area contributed by atoms with Crippen LogP contribution in [-0.2, 0) is 12.7 Å². The highest BCUT2D eigenvalue weighted by molar-refractivity contribution is 6.30. The van der Waals surface area contributed by atoms with Crippen LogP contribution in [0.4, 0.5) is 17.6 Å². The molecule has 0 aliphatic rings. The molecule has 20 heavy (non-hydrogen) atoms. The summed E-state index contributed by atoms with van der Waals surface area (Å²) < 4.78 is 51.1. The van der Waals surface area contributed by atoms with E-state index < -0.39 is 17.6 Å². The first-order chi connectivity index (χ1) is 9.32. The highest BCUT2D eigenvalue weighted by Gasteiger charge is 2.33. The van der Waals surface area contributed by atoms with E-state index in [0.717, 1.165) is 12.1 Å². The second-order valence-electron chi connectivity index (χ2n) is 4.20. The zero-order valence-electron chi connectivity index (χ0n) is 10.1. The number of hydrogen-bond acceptors (Lipinski definition) is 1. The number of nitrogens with two attached hydrogens (primary N) is 1. The Balaban J connectivity index is 2.52. The van der Waals surface area contributed by atoms with Crippen LogP contribution in [0.1, 0.15) is 11.1 Å². The molecule has 0 amide bonds. The molecule has 0 aliphatic carbocycles. The molecule has 0 bridgehead atoms. The summed E-state index contributed by atoms with van der Waals surface area (Å²) in [6.07, 6.45) is -4.71. The first-order valence-electron chi connectivity index (χ1n) is 5.68. The minimum absolute atomic E-state index is 0.151. The second kappa shape index (κ2) is 5.42. The summed E-state index contributed by atoms with van der Waals surface area (Å²) in [5.74, 6) is -1.31. The molecule has 2 N–H and O–H groups in total. The van der Waals surface area contributed by atoms with Crippen molar-refractivity contribution in [1.82, 2.24) is 0 Å². The summed E-state index contributed by atoms with van der Waals surface area (Å²) in [6, 6.07) is 7.57. The lowest BCUT2D eigenvalue weighted by Crippen LogP contribution is -2.08. The van der Waals surface area contributed by atoms with Gasteiger partial charge in [0.25, 0.3) is 0 Å². The molecule has 2 aromatic carbocycles. The summed E-state index contributed by atoms with van der Waals surface area (Å²) in [5.41, 5.74) is 5.80. The van der Waals surface area contributed by atoms with Gasteiger partial charge in [0.1, 0.15) is 5.82 Å². The number of benzene rings is 2. The molecule has 6 heteroatoms. The highest BCUT2D eigenvalue weighted by Crippen LogP contribution is 2.34. The maximum absolute atomic E-state index is 13.6. The van der Waals surface area contributed by atoms with Crippen LogP contribution in [0.25, 0.3) is 11.1 Å². The van der Waals surface area contributed by atoms with Crippen molar-refractivity contribution in [2.75, 3.05) is 0 Å². The molecule has 2 aromatic rings. The minimum atomic E-state index is -4.71. The van der Waals surface area contributed by atoms with Gasteiger partial charge in [0.2, 0.25) is 0 Å². The Morgan fingerprint density at radius 2 is 1.75 bits per heavy atom. The Kier molecular flexibility index (Phi) is 4.01. The summed E-state index contributed by atoms with van der Waals surface area (Å²) >= 11 is 5.82. The van der Waals surface area contributed by atoms with Crippen molar-refractivity contribution < 1.29 is 17.6 Å². The number of rotatable bonds is 2. The normalized spacial score (nSPS) is 11.7. The van der Waals surface area contributed by atoms with E-state index in [1.54, 1.807) is 18.2 Å². The van der Waals surface area contributed by atoms with Crippen molar-refractivity contribution in [1.29, 1.82) is 0 Å². The molecule has 0 saturated heterocycles. The Labute approximate surface area is 118 Å². The van der Waals surface area contributed by atoms with Crippen molar-refractivity contribution in [3.05, 3.63) is 58.4 Å². The smallest absolute Gasteiger partial charge is 0.326 e. The third kappa shape index (κ3) is 2.94. The molecule has 0 unspecified atom stereocenters. The SMILES string of the molecule is NCc1cc(Cl)ccc1-c1ccc(C(F)(F)F)c(F)c1. The fourth-order valence-electron chi connectivity index (χ4n) is 1.93.